The van der Waals surface area contributed by atoms with Gasteiger partial charge in [0.25, 0.3) is 0 Å². The van der Waals surface area contributed by atoms with Gasteiger partial charge in [0.1, 0.15) is 11.7 Å². The number of likely N-dealkylation sites (tertiary alicyclic amines) is 3. The average Bonchev–Trinajstić information content (AvgIpc) is 3.40. The van der Waals surface area contributed by atoms with E-state index in [2.05, 4.69) is 47.1 Å². The molecule has 5 N–H and O–H groups in total. The minimum Gasteiger partial charge on any atom is -0.493 e. The van der Waals surface area contributed by atoms with Gasteiger partial charge in [0.15, 0.2) is 0 Å². The molecule has 0 saturated carbocycles. The number of nitrogens with zero attached hydrogens (tertiary/aromatic N) is 4. The number of nitrogen functional groups attached to an aromatic ring is 1. The molecule has 0 radical (unpaired) electrons. The Morgan fingerprint density at radius 2 is 1.49 bits per heavy atom. The average molecular weight is 774 g/mol. The van der Waals surface area contributed by atoms with E-state index in [1.54, 1.807) is 4.90 Å². The molecule has 1 aromatic heterocycles. The fourth-order valence-electron chi connectivity index (χ4n) is 7.30. The second-order valence-corrected chi connectivity index (χ2v) is 14.6. The third-order valence-corrected chi connectivity index (χ3v) is 11.3. The van der Waals surface area contributed by atoms with Crippen LogP contribution < -0.4 is 16.7 Å². The van der Waals surface area contributed by atoms with E-state index in [9.17, 15) is 19.5 Å². The number of aromatic hydroxyl groups is 1. The number of aromatic nitrogens is 2. The second-order valence-electron chi connectivity index (χ2n) is 12.9. The number of carbonyl (C=O) groups is 2. The van der Waals surface area contributed by atoms with Crippen LogP contribution in [0.25, 0.3) is 11.3 Å². The van der Waals surface area contributed by atoms with E-state index in [4.69, 9.17) is 5.73 Å². The molecule has 252 valence electrons. The van der Waals surface area contributed by atoms with Crippen molar-refractivity contribution in [3.8, 4) is 17.1 Å². The molecule has 6 rings (SSSR count). The molecule has 3 fully saturated rings. The quantitative estimate of drug-likeness (QED) is 0.247. The van der Waals surface area contributed by atoms with Crippen LogP contribution >= 0.6 is 31.9 Å². The fourth-order valence-corrected chi connectivity index (χ4v) is 8.58. The standard InChI is InChI=1S/C34H43Br2N7O4/c35-26-19-22(20-27(36)29(26)37)21-28(31(44)41-15-9-24(10-16-41)40-13-5-2-6-14-40)38-33(46)42-17-11-25(12-18-42)43-32(45)30(39-34(43)47)23-7-3-1-4-8-23/h1,3-4,7-8,19-20,24-25,28,45H,2,5-6,9-18,21,37H2,(H,38,46)(H,39,47)/t28-/m0/s1. The molecule has 4 heterocycles. The van der Waals surface area contributed by atoms with Crippen molar-refractivity contribution in [1.29, 1.82) is 0 Å². The number of anilines is 1. The van der Waals surface area contributed by atoms with Crippen LogP contribution in [0.15, 0.2) is 56.2 Å². The number of hydrogen-bond donors (Lipinski definition) is 4. The first-order valence-corrected chi connectivity index (χ1v) is 18.2. The molecule has 3 aliphatic rings. The smallest absolute Gasteiger partial charge is 0.329 e. The number of rotatable bonds is 7. The Hall–Kier alpha value is -3.29. The Kier molecular flexibility index (Phi) is 10.6. The maximum atomic E-state index is 14.0. The Labute approximate surface area is 291 Å². The van der Waals surface area contributed by atoms with Gasteiger partial charge in [0.05, 0.1) is 5.69 Å². The predicted molar refractivity (Wildman–Crippen MR) is 189 cm³/mol. The molecule has 3 aromatic rings. The highest BCUT2D eigenvalue weighted by Crippen LogP contribution is 2.33. The van der Waals surface area contributed by atoms with Crippen LogP contribution in [0.3, 0.4) is 0 Å². The Morgan fingerprint density at radius 3 is 2.13 bits per heavy atom. The number of halogens is 2. The van der Waals surface area contributed by atoms with Crippen LogP contribution in [0.1, 0.15) is 56.6 Å². The van der Waals surface area contributed by atoms with Crippen molar-refractivity contribution < 1.29 is 14.7 Å². The van der Waals surface area contributed by atoms with Gasteiger partial charge in [-0.05, 0) is 101 Å². The van der Waals surface area contributed by atoms with Crippen LogP contribution in [-0.2, 0) is 11.2 Å². The third kappa shape index (κ3) is 7.57. The summed E-state index contributed by atoms with van der Waals surface area (Å²) in [5.41, 5.74) is 8.31. The zero-order chi connectivity index (χ0) is 33.1. The number of nitrogens with one attached hydrogen (secondary N) is 2. The first-order chi connectivity index (χ1) is 22.7. The Morgan fingerprint density at radius 1 is 0.894 bits per heavy atom. The van der Waals surface area contributed by atoms with E-state index in [1.807, 2.05) is 47.4 Å². The number of amides is 3. The normalized spacial score (nSPS) is 19.1. The van der Waals surface area contributed by atoms with E-state index in [0.29, 0.717) is 62.9 Å². The van der Waals surface area contributed by atoms with Gasteiger partial charge in [-0.25, -0.2) is 9.59 Å². The first-order valence-electron chi connectivity index (χ1n) is 16.6. The number of benzene rings is 2. The van der Waals surface area contributed by atoms with Gasteiger partial charge >= 0.3 is 11.7 Å². The highest BCUT2D eigenvalue weighted by atomic mass is 79.9. The van der Waals surface area contributed by atoms with Crippen LogP contribution in [0.5, 0.6) is 5.88 Å². The molecule has 3 aliphatic heterocycles. The number of imidazole rings is 1. The topological polar surface area (TPSA) is 140 Å². The largest absolute Gasteiger partial charge is 0.493 e. The van der Waals surface area contributed by atoms with Crippen LogP contribution in [0.4, 0.5) is 10.5 Å². The van der Waals surface area contributed by atoms with Crippen molar-refractivity contribution in [2.24, 2.45) is 0 Å². The summed E-state index contributed by atoms with van der Waals surface area (Å²) in [6.45, 7) is 4.40. The van der Waals surface area contributed by atoms with Gasteiger partial charge in [-0.3, -0.25) is 9.36 Å². The summed E-state index contributed by atoms with van der Waals surface area (Å²) in [4.78, 5) is 49.6. The minimum atomic E-state index is -0.751. The summed E-state index contributed by atoms with van der Waals surface area (Å²) >= 11 is 7.03. The molecule has 0 aliphatic carbocycles. The van der Waals surface area contributed by atoms with Gasteiger partial charge in [0, 0.05) is 59.2 Å². The van der Waals surface area contributed by atoms with Crippen molar-refractivity contribution in [3.63, 3.8) is 0 Å². The lowest BCUT2D eigenvalue weighted by atomic mass is 9.98. The van der Waals surface area contributed by atoms with Gasteiger partial charge in [0.2, 0.25) is 11.8 Å². The number of urea groups is 1. The summed E-state index contributed by atoms with van der Waals surface area (Å²) in [5, 5.41) is 14.0. The SMILES string of the molecule is Nc1c(Br)cc(C[C@H](NC(=O)N2CCC(n3c(O)c(-c4ccccc4)[nH]c3=O)CC2)C(=O)N2CCC(N3CCCCC3)CC2)cc1Br. The number of carbonyl (C=O) groups excluding carboxylic acids is 2. The molecular formula is C34H43Br2N7O4. The molecule has 0 spiro atoms. The lowest BCUT2D eigenvalue weighted by molar-refractivity contribution is -0.134. The molecule has 13 heteroatoms. The van der Waals surface area contributed by atoms with Crippen molar-refractivity contribution in [2.75, 3.05) is 45.0 Å². The molecular weight excluding hydrogens is 730 g/mol. The maximum Gasteiger partial charge on any atom is 0.329 e. The Balaban J connectivity index is 1.12. The minimum absolute atomic E-state index is 0.0772. The number of hydrogen-bond acceptors (Lipinski definition) is 6. The molecule has 0 bridgehead atoms. The van der Waals surface area contributed by atoms with Gasteiger partial charge in [-0.1, -0.05) is 36.8 Å². The summed E-state index contributed by atoms with van der Waals surface area (Å²) in [6.07, 6.45) is 6.98. The third-order valence-electron chi connectivity index (χ3n) is 9.94. The second kappa shape index (κ2) is 14.9. The Bertz CT molecular complexity index is 1600. The van der Waals surface area contributed by atoms with E-state index in [1.165, 1.54) is 23.8 Å². The molecule has 11 nitrogen and oxygen atoms in total. The molecule has 47 heavy (non-hydrogen) atoms. The summed E-state index contributed by atoms with van der Waals surface area (Å²) in [5.74, 6) is -0.175. The van der Waals surface area contributed by atoms with Crippen LogP contribution in [-0.4, -0.2) is 92.6 Å². The van der Waals surface area contributed by atoms with E-state index in [-0.39, 0.29) is 29.5 Å². The van der Waals surface area contributed by atoms with Crippen molar-refractivity contribution in [1.82, 2.24) is 29.6 Å². The van der Waals surface area contributed by atoms with Crippen LogP contribution in [0, 0.1) is 0 Å². The maximum absolute atomic E-state index is 14.0. The molecule has 3 saturated heterocycles. The van der Waals surface area contributed by atoms with Gasteiger partial charge in [-0.2, -0.15) is 0 Å². The molecule has 1 atom stereocenters. The number of H-pyrrole nitrogens is 1. The first kappa shape index (κ1) is 33.6. The molecule has 3 amide bonds. The van der Waals surface area contributed by atoms with Crippen LogP contribution in [0.2, 0.25) is 0 Å². The summed E-state index contributed by atoms with van der Waals surface area (Å²) in [6, 6.07) is 12.2. The van der Waals surface area contributed by atoms with Gasteiger partial charge in [-0.15, -0.1) is 0 Å². The zero-order valence-electron chi connectivity index (χ0n) is 26.5. The predicted octanol–water partition coefficient (Wildman–Crippen LogP) is 5.09. The van der Waals surface area contributed by atoms with Crippen molar-refractivity contribution in [2.45, 2.75) is 69.5 Å². The molecule has 2 aromatic carbocycles. The number of piperidine rings is 3. The summed E-state index contributed by atoms with van der Waals surface area (Å²) in [7, 11) is 0. The van der Waals surface area contributed by atoms with E-state index in [0.717, 1.165) is 46.0 Å². The lowest BCUT2D eigenvalue weighted by Gasteiger charge is -2.41. The van der Waals surface area contributed by atoms with Crippen molar-refractivity contribution >= 4 is 49.5 Å². The number of nitrogens with two attached hydrogens (primary N) is 1. The lowest BCUT2D eigenvalue weighted by Crippen LogP contribution is -2.56. The van der Waals surface area contributed by atoms with E-state index < -0.39 is 6.04 Å². The molecule has 0 unspecified atom stereocenters. The zero-order valence-corrected chi connectivity index (χ0v) is 29.6. The number of aromatic amines is 1. The summed E-state index contributed by atoms with van der Waals surface area (Å²) < 4.78 is 2.85. The van der Waals surface area contributed by atoms with Gasteiger partial charge < -0.3 is 35.8 Å². The fraction of sp³-hybridized carbons (Fsp3) is 0.500. The highest BCUT2D eigenvalue weighted by molar-refractivity contribution is 9.11. The van der Waals surface area contributed by atoms with Crippen molar-refractivity contribution in [3.05, 3.63) is 67.5 Å². The highest BCUT2D eigenvalue weighted by Gasteiger charge is 2.34. The van der Waals surface area contributed by atoms with E-state index >= 15 is 0 Å². The monoisotopic (exact) mass is 771 g/mol.